The minimum absolute atomic E-state index is 0.00710. The third-order valence-electron chi connectivity index (χ3n) is 6.82. The maximum atomic E-state index is 13.0. The lowest BCUT2D eigenvalue weighted by molar-refractivity contribution is -0.364. The molecule has 206 valence electrons. The Hall–Kier alpha value is -4.65. The summed E-state index contributed by atoms with van der Waals surface area (Å²) < 4.78 is 5.30. The summed E-state index contributed by atoms with van der Waals surface area (Å²) in [6.45, 7) is 2.25. The highest BCUT2D eigenvalue weighted by molar-refractivity contribution is 6.08. The number of rotatable bonds is 9. The summed E-state index contributed by atoms with van der Waals surface area (Å²) in [5.41, 5.74) is 4.11. The fraction of sp³-hybridized carbons (Fsp3) is 0.346. The molecule has 3 atom stereocenters. The van der Waals surface area contributed by atoms with Crippen LogP contribution in [0.15, 0.2) is 42.1 Å². The molecule has 13 heteroatoms. The quantitative estimate of drug-likeness (QED) is 0.143. The van der Waals surface area contributed by atoms with Gasteiger partial charge in [0.05, 0.1) is 36.8 Å². The number of β-lactam (4-membered cyclic amide) rings is 1. The Labute approximate surface area is 223 Å². The molecule has 4 rings (SSSR count). The molecule has 3 amide bonds. The van der Waals surface area contributed by atoms with Crippen molar-refractivity contribution < 1.29 is 45.0 Å². The van der Waals surface area contributed by atoms with Crippen molar-refractivity contribution in [2.75, 3.05) is 19.7 Å². The number of nitrogens with zero attached hydrogens (tertiary/aromatic N) is 2. The van der Waals surface area contributed by atoms with Crippen molar-refractivity contribution in [2.45, 2.75) is 32.0 Å². The van der Waals surface area contributed by atoms with E-state index in [0.29, 0.717) is 35.5 Å². The van der Waals surface area contributed by atoms with Crippen molar-refractivity contribution in [1.29, 1.82) is 0 Å². The van der Waals surface area contributed by atoms with Crippen molar-refractivity contribution in [1.82, 2.24) is 20.5 Å². The number of carbonyl (C=O) groups excluding carboxylic acids is 4. The minimum Gasteiger partial charge on any atom is -0.548 e. The molecular weight excluding hydrogens is 510 g/mol. The zero-order chi connectivity index (χ0) is 28.3. The first kappa shape index (κ1) is 27.4. The zero-order valence-electron chi connectivity index (χ0n) is 21.2. The number of phenolic OH excluding ortho intramolecular Hbond substituents is 2. The van der Waals surface area contributed by atoms with Gasteiger partial charge in [0.1, 0.15) is 6.61 Å². The summed E-state index contributed by atoms with van der Waals surface area (Å²) in [7, 11) is 0. The number of aromatic hydroxyl groups is 2. The van der Waals surface area contributed by atoms with Crippen LogP contribution in [0.4, 0.5) is 4.79 Å². The molecule has 0 spiro atoms. The monoisotopic (exact) mass is 539 g/mol. The van der Waals surface area contributed by atoms with E-state index in [4.69, 9.17) is 4.74 Å². The van der Waals surface area contributed by atoms with Gasteiger partial charge in [0, 0.05) is 29.3 Å². The summed E-state index contributed by atoms with van der Waals surface area (Å²) in [4.78, 5) is 55.0. The third-order valence-corrected chi connectivity index (χ3v) is 6.82. The number of quaternary nitrogens is 1. The van der Waals surface area contributed by atoms with E-state index >= 15 is 0 Å². The van der Waals surface area contributed by atoms with E-state index in [1.807, 2.05) is 0 Å². The summed E-state index contributed by atoms with van der Waals surface area (Å²) in [6.07, 6.45) is 2.35. The predicted octanol–water partition coefficient (Wildman–Crippen LogP) is -1.49. The molecule has 2 aromatic rings. The van der Waals surface area contributed by atoms with Crippen LogP contribution in [0.1, 0.15) is 35.0 Å². The third kappa shape index (κ3) is 5.62. The first-order chi connectivity index (χ1) is 18.5. The lowest BCUT2D eigenvalue weighted by Crippen LogP contribution is -2.61. The van der Waals surface area contributed by atoms with Gasteiger partial charge in [-0.2, -0.15) is 0 Å². The highest BCUT2D eigenvalue weighted by atomic mass is 16.5. The molecule has 3 heterocycles. The van der Waals surface area contributed by atoms with Crippen molar-refractivity contribution in [2.24, 2.45) is 5.41 Å². The zero-order valence-corrected chi connectivity index (χ0v) is 21.2. The number of aromatic nitrogens is 1. The van der Waals surface area contributed by atoms with Gasteiger partial charge in [-0.15, -0.1) is 0 Å². The SMILES string of the molecule is C[C@@]1(COC(=O)NCc2ccc(O)c(O)c2)CC2/C(=C\c3cc(C(=O)NCC[NH3+])ccn3)C(=O)N2[C@H]1C(=O)[O-]. The number of ether oxygens (including phenoxy) is 1. The van der Waals surface area contributed by atoms with Crippen molar-refractivity contribution in [3.8, 4) is 11.5 Å². The molecule has 0 radical (unpaired) electrons. The lowest BCUT2D eigenvalue weighted by Gasteiger charge is -2.42. The fourth-order valence-corrected chi connectivity index (χ4v) is 4.87. The number of benzene rings is 1. The standard InChI is InChI=1S/C26H29N5O8/c1-26(13-39-25(38)30-12-14-2-3-19(32)20(33)8-14)11-18-17(23(35)31(18)21(26)24(36)37)10-16-9-15(4-6-28-16)22(34)29-7-5-27/h2-4,6,8-10,18,21,32-33H,5,7,11-13,27H2,1H3,(H,29,34)(H,30,38)(H,36,37)/b17-10+/t18?,21-,26-/m0/s1. The predicted molar refractivity (Wildman–Crippen MR) is 132 cm³/mol. The van der Waals surface area contributed by atoms with Crippen LogP contribution >= 0.6 is 0 Å². The van der Waals surface area contributed by atoms with Crippen molar-refractivity contribution in [3.05, 3.63) is 58.9 Å². The molecule has 2 fully saturated rings. The molecule has 0 saturated carbocycles. The summed E-state index contributed by atoms with van der Waals surface area (Å²) >= 11 is 0. The molecule has 2 aliphatic heterocycles. The maximum Gasteiger partial charge on any atom is 0.407 e. The molecule has 1 aromatic heterocycles. The van der Waals surface area contributed by atoms with Crippen LogP contribution in [0, 0.1) is 5.41 Å². The van der Waals surface area contributed by atoms with E-state index in [-0.39, 0.29) is 37.0 Å². The van der Waals surface area contributed by atoms with E-state index in [2.05, 4.69) is 21.4 Å². The Balaban J connectivity index is 1.43. The second-order valence-electron chi connectivity index (χ2n) is 9.74. The smallest absolute Gasteiger partial charge is 0.407 e. The average molecular weight is 540 g/mol. The molecule has 2 aliphatic rings. The van der Waals surface area contributed by atoms with E-state index in [1.165, 1.54) is 41.4 Å². The van der Waals surface area contributed by atoms with Gasteiger partial charge in [-0.25, -0.2) is 4.79 Å². The molecule has 39 heavy (non-hydrogen) atoms. The Morgan fingerprint density at radius 3 is 2.69 bits per heavy atom. The second kappa shape index (κ2) is 11.0. The van der Waals surface area contributed by atoms with Gasteiger partial charge in [-0.1, -0.05) is 13.0 Å². The number of carboxylic acids is 1. The Bertz CT molecular complexity index is 1350. The first-order valence-electron chi connectivity index (χ1n) is 12.2. The normalized spacial score (nSPS) is 22.7. The number of amides is 3. The van der Waals surface area contributed by atoms with Gasteiger partial charge < -0.3 is 46.1 Å². The number of hydrogen-bond donors (Lipinski definition) is 5. The number of nitrogens with one attached hydrogen (secondary N) is 2. The van der Waals surface area contributed by atoms with Crippen LogP contribution in [0.5, 0.6) is 11.5 Å². The topological polar surface area (TPSA) is 209 Å². The molecule has 0 bridgehead atoms. The van der Waals surface area contributed by atoms with Gasteiger partial charge in [0.2, 0.25) is 0 Å². The van der Waals surface area contributed by atoms with Crippen LogP contribution in [0.2, 0.25) is 0 Å². The number of carbonyl (C=O) groups is 4. The van der Waals surface area contributed by atoms with Crippen LogP contribution in [0.25, 0.3) is 6.08 Å². The van der Waals surface area contributed by atoms with Crippen LogP contribution in [-0.4, -0.2) is 75.8 Å². The number of hydrogen-bond acceptors (Lipinski definition) is 9. The molecule has 7 N–H and O–H groups in total. The summed E-state index contributed by atoms with van der Waals surface area (Å²) in [5.74, 6) is -2.89. The molecule has 1 unspecified atom stereocenters. The summed E-state index contributed by atoms with van der Waals surface area (Å²) in [6, 6.07) is 5.27. The summed E-state index contributed by atoms with van der Waals surface area (Å²) in [5, 5.41) is 36.2. The Morgan fingerprint density at radius 2 is 2.00 bits per heavy atom. The highest BCUT2D eigenvalue weighted by Crippen LogP contribution is 2.49. The molecule has 13 nitrogen and oxygen atoms in total. The average Bonchev–Trinajstić information content (AvgIpc) is 3.20. The molecular formula is C26H29N5O8. The van der Waals surface area contributed by atoms with Gasteiger partial charge in [-0.3, -0.25) is 14.6 Å². The second-order valence-corrected chi connectivity index (χ2v) is 9.74. The van der Waals surface area contributed by atoms with Gasteiger partial charge in [0.15, 0.2) is 11.5 Å². The lowest BCUT2D eigenvalue weighted by atomic mass is 9.81. The van der Waals surface area contributed by atoms with E-state index in [1.54, 1.807) is 13.0 Å². The Kier molecular flexibility index (Phi) is 7.72. The number of phenols is 2. The van der Waals surface area contributed by atoms with Crippen LogP contribution in [-0.2, 0) is 20.9 Å². The number of aliphatic carboxylic acids is 1. The van der Waals surface area contributed by atoms with Crippen molar-refractivity contribution in [3.63, 3.8) is 0 Å². The number of carboxylic acid groups (broad SMARTS) is 1. The van der Waals surface area contributed by atoms with Gasteiger partial charge >= 0.3 is 6.09 Å². The van der Waals surface area contributed by atoms with Gasteiger partial charge in [0.25, 0.3) is 11.8 Å². The van der Waals surface area contributed by atoms with Gasteiger partial charge in [-0.05, 0) is 42.3 Å². The molecule has 2 saturated heterocycles. The largest absolute Gasteiger partial charge is 0.548 e. The first-order valence-corrected chi connectivity index (χ1v) is 12.2. The number of pyridine rings is 1. The number of fused-ring (bicyclic) bond motifs is 1. The highest BCUT2D eigenvalue weighted by Gasteiger charge is 2.60. The fourth-order valence-electron chi connectivity index (χ4n) is 4.87. The van der Waals surface area contributed by atoms with E-state index in [0.717, 1.165) is 0 Å². The minimum atomic E-state index is -1.46. The number of alkyl carbamates (subject to hydrolysis) is 1. The maximum absolute atomic E-state index is 13.0. The van der Waals surface area contributed by atoms with Crippen LogP contribution < -0.4 is 21.5 Å². The van der Waals surface area contributed by atoms with E-state index in [9.17, 15) is 34.5 Å². The van der Waals surface area contributed by atoms with E-state index < -0.39 is 35.5 Å². The van der Waals surface area contributed by atoms with Crippen molar-refractivity contribution >= 4 is 30.0 Å². The Morgan fingerprint density at radius 1 is 1.23 bits per heavy atom. The molecule has 0 aliphatic carbocycles. The molecule has 1 aromatic carbocycles. The van der Waals surface area contributed by atoms with Crippen LogP contribution in [0.3, 0.4) is 0 Å².